The van der Waals surface area contributed by atoms with E-state index in [0.717, 1.165) is 12.1 Å². The van der Waals surface area contributed by atoms with E-state index in [1.165, 1.54) is 18.3 Å². The van der Waals surface area contributed by atoms with Crippen LogP contribution in [0, 0.1) is 5.82 Å². The second-order valence-corrected chi connectivity index (χ2v) is 5.85. The van der Waals surface area contributed by atoms with E-state index in [9.17, 15) is 27.2 Å². The highest BCUT2D eigenvalue weighted by atomic mass is 19.4. The maximum atomic E-state index is 13.7. The van der Waals surface area contributed by atoms with Crippen molar-refractivity contribution in [2.75, 3.05) is 11.9 Å². The molecule has 1 N–H and O–H groups in total. The maximum Gasteiger partial charge on any atom is 0.416 e. The quantitative estimate of drug-likeness (QED) is 0.400. The predicted octanol–water partition coefficient (Wildman–Crippen LogP) is 4.63. The fourth-order valence-corrected chi connectivity index (χ4v) is 2.26. The molecule has 0 fully saturated rings. The van der Waals surface area contributed by atoms with Gasteiger partial charge in [0.25, 0.3) is 0 Å². The van der Waals surface area contributed by atoms with E-state index in [1.807, 2.05) is 0 Å². The number of nitrogens with zero attached hydrogens (tertiary/aromatic N) is 1. The van der Waals surface area contributed by atoms with E-state index in [1.54, 1.807) is 6.92 Å². The normalized spacial score (nSPS) is 11.2. The molecule has 5 nitrogen and oxygen atoms in total. The van der Waals surface area contributed by atoms with Gasteiger partial charge in [0.15, 0.2) is 17.3 Å². The largest absolute Gasteiger partial charge is 0.491 e. The van der Waals surface area contributed by atoms with Gasteiger partial charge in [-0.2, -0.15) is 13.2 Å². The summed E-state index contributed by atoms with van der Waals surface area (Å²) >= 11 is 0. The Balaban J connectivity index is 1.86. The van der Waals surface area contributed by atoms with Gasteiger partial charge in [-0.15, -0.1) is 0 Å². The molecule has 0 bridgehead atoms. The van der Waals surface area contributed by atoms with Crippen molar-refractivity contribution in [1.82, 2.24) is 4.98 Å². The van der Waals surface area contributed by atoms with E-state index < -0.39 is 17.6 Å². The Morgan fingerprint density at radius 3 is 2.57 bits per heavy atom. The number of carbonyl (C=O) groups is 2. The number of halogens is 4. The summed E-state index contributed by atoms with van der Waals surface area (Å²) in [7, 11) is 0. The average Bonchev–Trinajstić information content (AvgIpc) is 2.65. The molecule has 0 radical (unpaired) electrons. The van der Waals surface area contributed by atoms with Crippen molar-refractivity contribution >= 4 is 17.5 Å². The van der Waals surface area contributed by atoms with Crippen molar-refractivity contribution in [2.45, 2.75) is 32.4 Å². The molecule has 1 amide bonds. The molecule has 150 valence electrons. The molecule has 0 unspecified atom stereocenters. The molecule has 0 spiro atoms. The van der Waals surface area contributed by atoms with Gasteiger partial charge in [0, 0.05) is 24.6 Å². The van der Waals surface area contributed by atoms with Crippen LogP contribution in [0.4, 0.5) is 23.4 Å². The van der Waals surface area contributed by atoms with Crippen LogP contribution in [0.5, 0.6) is 5.75 Å². The zero-order chi connectivity index (χ0) is 20.7. The first-order chi connectivity index (χ1) is 13.2. The lowest BCUT2D eigenvalue weighted by Gasteiger charge is -2.10. The van der Waals surface area contributed by atoms with Crippen LogP contribution in [0.3, 0.4) is 0 Å². The number of rotatable bonds is 8. The van der Waals surface area contributed by atoms with Crippen molar-refractivity contribution in [2.24, 2.45) is 0 Å². The van der Waals surface area contributed by atoms with Crippen molar-refractivity contribution in [3.63, 3.8) is 0 Å². The lowest BCUT2D eigenvalue weighted by molar-refractivity contribution is -0.137. The Labute approximate surface area is 158 Å². The number of ether oxygens (including phenoxy) is 1. The molecule has 9 heteroatoms. The minimum absolute atomic E-state index is 0.0431. The zero-order valence-corrected chi connectivity index (χ0v) is 15.0. The van der Waals surface area contributed by atoms with Crippen molar-refractivity contribution < 1.29 is 31.9 Å². The Bertz CT molecular complexity index is 853. The fraction of sp³-hybridized carbons (Fsp3) is 0.316. The number of carbonyl (C=O) groups excluding carboxylic acids is 2. The number of hydrogen-bond acceptors (Lipinski definition) is 4. The van der Waals surface area contributed by atoms with Gasteiger partial charge in [0.2, 0.25) is 5.91 Å². The molecule has 1 heterocycles. The highest BCUT2D eigenvalue weighted by Gasteiger charge is 2.31. The van der Waals surface area contributed by atoms with Crippen molar-refractivity contribution in [3.8, 4) is 5.75 Å². The molecule has 2 aromatic rings. The summed E-state index contributed by atoms with van der Waals surface area (Å²) in [6.07, 6.45) is -2.65. The van der Waals surface area contributed by atoms with Crippen LogP contribution in [0.1, 0.15) is 42.1 Å². The number of pyridine rings is 1. The maximum absolute atomic E-state index is 13.7. The van der Waals surface area contributed by atoms with E-state index in [-0.39, 0.29) is 49.1 Å². The summed E-state index contributed by atoms with van der Waals surface area (Å²) in [5.74, 6) is -1.63. The third-order valence-corrected chi connectivity index (χ3v) is 3.74. The highest BCUT2D eigenvalue weighted by Crippen LogP contribution is 2.31. The van der Waals surface area contributed by atoms with Crippen LogP contribution in [-0.4, -0.2) is 23.3 Å². The van der Waals surface area contributed by atoms with Gasteiger partial charge in [-0.05, 0) is 36.8 Å². The molecule has 0 aliphatic carbocycles. The third kappa shape index (κ3) is 6.04. The van der Waals surface area contributed by atoms with Gasteiger partial charge < -0.3 is 10.1 Å². The topological polar surface area (TPSA) is 68.3 Å². The first-order valence-corrected chi connectivity index (χ1v) is 8.49. The van der Waals surface area contributed by atoms with Crippen LogP contribution >= 0.6 is 0 Å². The molecule has 1 aromatic carbocycles. The standard InChI is InChI=1S/C19H18F4N2O3/c1-2-18(27)25-17-10-12(7-8-24-17)15(26)4-3-9-28-16-6-5-13(11-14(16)20)19(21,22)23/h5-8,10-11H,2-4,9H2,1H3,(H,24,25,27). The number of Topliss-reactive ketones (excluding diaryl/α,β-unsaturated/α-hetero) is 1. The smallest absolute Gasteiger partial charge is 0.416 e. The van der Waals surface area contributed by atoms with Gasteiger partial charge in [-0.1, -0.05) is 6.92 Å². The SMILES string of the molecule is CCC(=O)Nc1cc(C(=O)CCCOc2ccc(C(F)(F)F)cc2F)ccn1. The highest BCUT2D eigenvalue weighted by molar-refractivity contribution is 5.97. The number of anilines is 1. The molecule has 0 aliphatic rings. The predicted molar refractivity (Wildman–Crippen MR) is 93.6 cm³/mol. The van der Waals surface area contributed by atoms with Gasteiger partial charge in [0.1, 0.15) is 5.82 Å². The van der Waals surface area contributed by atoms with E-state index >= 15 is 0 Å². The van der Waals surface area contributed by atoms with Crippen LogP contribution < -0.4 is 10.1 Å². The summed E-state index contributed by atoms with van der Waals surface area (Å²) in [5.41, 5.74) is -0.752. The van der Waals surface area contributed by atoms with Crippen LogP contribution in [-0.2, 0) is 11.0 Å². The third-order valence-electron chi connectivity index (χ3n) is 3.74. The zero-order valence-electron chi connectivity index (χ0n) is 15.0. The van der Waals surface area contributed by atoms with E-state index in [0.29, 0.717) is 11.6 Å². The van der Waals surface area contributed by atoms with Crippen molar-refractivity contribution in [3.05, 3.63) is 53.5 Å². The number of nitrogens with one attached hydrogen (secondary N) is 1. The van der Waals surface area contributed by atoms with Crippen LogP contribution in [0.2, 0.25) is 0 Å². The lowest BCUT2D eigenvalue weighted by Crippen LogP contribution is -2.12. The molecule has 1 aromatic heterocycles. The van der Waals surface area contributed by atoms with Gasteiger partial charge in [-0.3, -0.25) is 9.59 Å². The lowest BCUT2D eigenvalue weighted by atomic mass is 10.1. The number of benzene rings is 1. The summed E-state index contributed by atoms with van der Waals surface area (Å²) in [6, 6.07) is 4.95. The Hall–Kier alpha value is -2.97. The first kappa shape index (κ1) is 21.3. The molecule has 0 aliphatic heterocycles. The summed E-state index contributed by atoms with van der Waals surface area (Å²) < 4.78 is 56.3. The van der Waals surface area contributed by atoms with Crippen molar-refractivity contribution in [1.29, 1.82) is 0 Å². The fourth-order valence-electron chi connectivity index (χ4n) is 2.26. The Kier molecular flexibility index (Phi) is 7.08. The number of alkyl halides is 3. The second-order valence-electron chi connectivity index (χ2n) is 5.85. The number of amides is 1. The summed E-state index contributed by atoms with van der Waals surface area (Å²) in [6.45, 7) is 1.64. The number of hydrogen-bond donors (Lipinski definition) is 1. The molecular weight excluding hydrogens is 380 g/mol. The number of ketones is 1. The second kappa shape index (κ2) is 9.29. The molecule has 28 heavy (non-hydrogen) atoms. The summed E-state index contributed by atoms with van der Waals surface area (Å²) in [4.78, 5) is 27.5. The minimum atomic E-state index is -4.63. The molecule has 0 saturated heterocycles. The van der Waals surface area contributed by atoms with Crippen LogP contribution in [0.25, 0.3) is 0 Å². The minimum Gasteiger partial charge on any atom is -0.491 e. The molecule has 2 rings (SSSR count). The van der Waals surface area contributed by atoms with Crippen LogP contribution in [0.15, 0.2) is 36.5 Å². The summed E-state index contributed by atoms with van der Waals surface area (Å²) in [5, 5.41) is 2.55. The first-order valence-electron chi connectivity index (χ1n) is 8.49. The number of aromatic nitrogens is 1. The average molecular weight is 398 g/mol. The Morgan fingerprint density at radius 1 is 1.18 bits per heavy atom. The van der Waals surface area contributed by atoms with E-state index in [4.69, 9.17) is 4.74 Å². The molecular formula is C19H18F4N2O3. The van der Waals surface area contributed by atoms with E-state index in [2.05, 4.69) is 10.3 Å². The van der Waals surface area contributed by atoms with Gasteiger partial charge in [-0.25, -0.2) is 9.37 Å². The van der Waals surface area contributed by atoms with Gasteiger partial charge >= 0.3 is 6.18 Å². The van der Waals surface area contributed by atoms with Gasteiger partial charge in [0.05, 0.1) is 12.2 Å². The molecule has 0 saturated carbocycles. The Morgan fingerprint density at radius 2 is 1.93 bits per heavy atom. The molecule has 0 atom stereocenters. The monoisotopic (exact) mass is 398 g/mol.